The lowest BCUT2D eigenvalue weighted by molar-refractivity contribution is 0.102. The van der Waals surface area contributed by atoms with Crippen molar-refractivity contribution in [2.75, 3.05) is 18.4 Å². The fourth-order valence-corrected chi connectivity index (χ4v) is 4.11. The third-order valence-electron chi connectivity index (χ3n) is 3.90. The SMILES string of the molecule is CCN(CC)S(=O)(=O)c1ccc(NC(=O)c2ccc(Cl)cc2)c(C)c1. The Morgan fingerprint density at radius 2 is 1.68 bits per heavy atom. The number of carbonyl (C=O) groups is 1. The Morgan fingerprint density at radius 1 is 1.08 bits per heavy atom. The van der Waals surface area contributed by atoms with Gasteiger partial charge in [0.2, 0.25) is 10.0 Å². The van der Waals surface area contributed by atoms with Crippen molar-refractivity contribution in [1.29, 1.82) is 0 Å². The average molecular weight is 381 g/mol. The number of carbonyl (C=O) groups excluding carboxylic acids is 1. The van der Waals surface area contributed by atoms with Gasteiger partial charge < -0.3 is 5.32 Å². The highest BCUT2D eigenvalue weighted by Crippen LogP contribution is 2.23. The van der Waals surface area contributed by atoms with E-state index in [4.69, 9.17) is 11.6 Å². The number of aryl methyl sites for hydroxylation is 1. The van der Waals surface area contributed by atoms with Gasteiger partial charge in [-0.05, 0) is 55.0 Å². The summed E-state index contributed by atoms with van der Waals surface area (Å²) in [6, 6.07) is 11.2. The van der Waals surface area contributed by atoms with E-state index in [0.29, 0.717) is 34.9 Å². The first kappa shape index (κ1) is 19.4. The molecule has 0 atom stereocenters. The van der Waals surface area contributed by atoms with Crippen LogP contribution in [0, 0.1) is 6.92 Å². The summed E-state index contributed by atoms with van der Waals surface area (Å²) in [5.41, 5.74) is 1.72. The van der Waals surface area contributed by atoms with Crippen LogP contribution in [0.25, 0.3) is 0 Å². The minimum atomic E-state index is -3.52. The number of amides is 1. The number of benzene rings is 2. The standard InChI is InChI=1S/C18H21ClN2O3S/c1-4-21(5-2)25(23,24)16-10-11-17(13(3)12-16)20-18(22)14-6-8-15(19)9-7-14/h6-12H,4-5H2,1-3H3,(H,20,22). The number of hydrogen-bond donors (Lipinski definition) is 1. The topological polar surface area (TPSA) is 66.5 Å². The molecule has 1 amide bonds. The maximum absolute atomic E-state index is 12.6. The van der Waals surface area contributed by atoms with E-state index in [1.807, 2.05) is 0 Å². The fraction of sp³-hybridized carbons (Fsp3) is 0.278. The van der Waals surface area contributed by atoms with Gasteiger partial charge in [-0.3, -0.25) is 4.79 Å². The third kappa shape index (κ3) is 4.39. The van der Waals surface area contributed by atoms with Gasteiger partial charge in [-0.1, -0.05) is 25.4 Å². The summed E-state index contributed by atoms with van der Waals surface area (Å²) in [5.74, 6) is -0.279. The summed E-state index contributed by atoms with van der Waals surface area (Å²) in [7, 11) is -3.52. The summed E-state index contributed by atoms with van der Waals surface area (Å²) in [6.07, 6.45) is 0. The summed E-state index contributed by atoms with van der Waals surface area (Å²) in [4.78, 5) is 12.5. The Kier molecular flexibility index (Phi) is 6.21. The van der Waals surface area contributed by atoms with E-state index in [2.05, 4.69) is 5.32 Å². The highest BCUT2D eigenvalue weighted by molar-refractivity contribution is 7.89. The van der Waals surface area contributed by atoms with Gasteiger partial charge in [-0.15, -0.1) is 0 Å². The van der Waals surface area contributed by atoms with Crippen LogP contribution in [0.5, 0.6) is 0 Å². The van der Waals surface area contributed by atoms with E-state index in [9.17, 15) is 13.2 Å². The predicted octanol–water partition coefficient (Wildman–Crippen LogP) is 3.93. The lowest BCUT2D eigenvalue weighted by Gasteiger charge is -2.19. The second kappa shape index (κ2) is 7.99. The normalized spacial score (nSPS) is 11.6. The van der Waals surface area contributed by atoms with E-state index >= 15 is 0 Å². The Morgan fingerprint density at radius 3 is 2.20 bits per heavy atom. The molecule has 7 heteroatoms. The largest absolute Gasteiger partial charge is 0.322 e. The second-order valence-corrected chi connectivity index (χ2v) is 7.90. The molecule has 1 N–H and O–H groups in total. The quantitative estimate of drug-likeness (QED) is 0.825. The summed E-state index contributed by atoms with van der Waals surface area (Å²) in [6.45, 7) is 6.18. The zero-order valence-corrected chi connectivity index (χ0v) is 16.0. The number of nitrogens with zero attached hydrogens (tertiary/aromatic N) is 1. The molecule has 0 spiro atoms. The minimum absolute atomic E-state index is 0.221. The number of halogens is 1. The highest BCUT2D eigenvalue weighted by Gasteiger charge is 2.22. The van der Waals surface area contributed by atoms with Crippen LogP contribution in [-0.4, -0.2) is 31.7 Å². The van der Waals surface area contributed by atoms with Gasteiger partial charge in [0, 0.05) is 29.4 Å². The number of sulfonamides is 1. The maximum atomic E-state index is 12.6. The smallest absolute Gasteiger partial charge is 0.255 e. The lowest BCUT2D eigenvalue weighted by Crippen LogP contribution is -2.30. The van der Waals surface area contributed by atoms with Crippen molar-refractivity contribution in [1.82, 2.24) is 4.31 Å². The van der Waals surface area contributed by atoms with Crippen LogP contribution in [-0.2, 0) is 10.0 Å². The van der Waals surface area contributed by atoms with E-state index in [-0.39, 0.29) is 10.8 Å². The predicted molar refractivity (Wildman–Crippen MR) is 101 cm³/mol. The number of rotatable bonds is 6. The van der Waals surface area contributed by atoms with Crippen molar-refractivity contribution >= 4 is 33.2 Å². The molecule has 0 aliphatic heterocycles. The Labute approximate surface area is 153 Å². The number of nitrogens with one attached hydrogen (secondary N) is 1. The Bertz CT molecular complexity index is 860. The first-order valence-corrected chi connectivity index (χ1v) is 9.79. The zero-order valence-electron chi connectivity index (χ0n) is 14.4. The molecule has 0 aliphatic carbocycles. The van der Waals surface area contributed by atoms with Crippen LogP contribution < -0.4 is 5.32 Å². The first-order valence-electron chi connectivity index (χ1n) is 7.97. The Balaban J connectivity index is 2.25. The molecule has 2 aromatic carbocycles. The van der Waals surface area contributed by atoms with Crippen molar-refractivity contribution in [3.8, 4) is 0 Å². The van der Waals surface area contributed by atoms with Crippen LogP contribution >= 0.6 is 11.6 Å². The van der Waals surface area contributed by atoms with Gasteiger partial charge in [-0.2, -0.15) is 4.31 Å². The monoisotopic (exact) mass is 380 g/mol. The van der Waals surface area contributed by atoms with Gasteiger partial charge in [0.15, 0.2) is 0 Å². The van der Waals surface area contributed by atoms with E-state index in [1.165, 1.54) is 10.4 Å². The van der Waals surface area contributed by atoms with Crippen molar-refractivity contribution in [3.05, 3.63) is 58.6 Å². The summed E-state index contributed by atoms with van der Waals surface area (Å²) in [5, 5.41) is 3.35. The van der Waals surface area contributed by atoms with Gasteiger partial charge >= 0.3 is 0 Å². The van der Waals surface area contributed by atoms with E-state index in [1.54, 1.807) is 57.2 Å². The number of hydrogen-bond acceptors (Lipinski definition) is 3. The molecule has 25 heavy (non-hydrogen) atoms. The molecule has 2 aromatic rings. The molecule has 134 valence electrons. The first-order chi connectivity index (χ1) is 11.8. The molecule has 0 aromatic heterocycles. The van der Waals surface area contributed by atoms with Crippen molar-refractivity contribution in [3.63, 3.8) is 0 Å². The molecule has 0 aliphatic rings. The van der Waals surface area contributed by atoms with Gasteiger partial charge in [0.1, 0.15) is 0 Å². The van der Waals surface area contributed by atoms with Crippen LogP contribution in [0.15, 0.2) is 47.4 Å². The van der Waals surface area contributed by atoms with Crippen molar-refractivity contribution in [2.45, 2.75) is 25.7 Å². The van der Waals surface area contributed by atoms with Gasteiger partial charge in [0.05, 0.1) is 4.90 Å². The molecule has 0 saturated carbocycles. The average Bonchev–Trinajstić information content (AvgIpc) is 2.58. The van der Waals surface area contributed by atoms with Crippen LogP contribution in [0.1, 0.15) is 29.8 Å². The second-order valence-electron chi connectivity index (χ2n) is 5.53. The van der Waals surface area contributed by atoms with Crippen LogP contribution in [0.3, 0.4) is 0 Å². The lowest BCUT2D eigenvalue weighted by atomic mass is 10.1. The molecular weight excluding hydrogens is 360 g/mol. The highest BCUT2D eigenvalue weighted by atomic mass is 35.5. The van der Waals surface area contributed by atoms with Gasteiger partial charge in [0.25, 0.3) is 5.91 Å². The van der Waals surface area contributed by atoms with E-state index < -0.39 is 10.0 Å². The summed E-state index contributed by atoms with van der Waals surface area (Å²) >= 11 is 5.82. The zero-order chi connectivity index (χ0) is 18.6. The molecule has 0 bridgehead atoms. The molecule has 0 saturated heterocycles. The van der Waals surface area contributed by atoms with Crippen LogP contribution in [0.4, 0.5) is 5.69 Å². The van der Waals surface area contributed by atoms with Crippen molar-refractivity contribution < 1.29 is 13.2 Å². The van der Waals surface area contributed by atoms with Crippen LogP contribution in [0.2, 0.25) is 5.02 Å². The third-order valence-corrected chi connectivity index (χ3v) is 6.19. The number of anilines is 1. The molecule has 0 unspecified atom stereocenters. The minimum Gasteiger partial charge on any atom is -0.322 e. The molecule has 5 nitrogen and oxygen atoms in total. The molecular formula is C18H21ClN2O3S. The molecule has 0 heterocycles. The molecule has 2 rings (SSSR count). The molecule has 0 fully saturated rings. The maximum Gasteiger partial charge on any atom is 0.255 e. The van der Waals surface area contributed by atoms with Gasteiger partial charge in [-0.25, -0.2) is 8.42 Å². The fourth-order valence-electron chi connectivity index (χ4n) is 2.45. The van der Waals surface area contributed by atoms with Crippen molar-refractivity contribution in [2.24, 2.45) is 0 Å². The summed E-state index contributed by atoms with van der Waals surface area (Å²) < 4.78 is 26.5. The molecule has 0 radical (unpaired) electrons. The Hall–Kier alpha value is -1.89. The van der Waals surface area contributed by atoms with E-state index in [0.717, 1.165) is 0 Å².